The van der Waals surface area contributed by atoms with E-state index in [0.29, 0.717) is 12.5 Å². The van der Waals surface area contributed by atoms with Gasteiger partial charge in [0.1, 0.15) is 0 Å². The molecule has 0 atom stereocenters. The first-order chi connectivity index (χ1) is 7.87. The third kappa shape index (κ3) is 3.94. The molecular weight excluding hydrogens is 218 g/mol. The number of aliphatic hydroxyl groups excluding tert-OH is 1. The van der Waals surface area contributed by atoms with Crippen LogP contribution in [0.1, 0.15) is 32.0 Å². The van der Waals surface area contributed by atoms with Gasteiger partial charge < -0.3 is 15.1 Å². The summed E-state index contributed by atoms with van der Waals surface area (Å²) in [7, 11) is 0. The first kappa shape index (κ1) is 13.9. The van der Waals surface area contributed by atoms with Gasteiger partial charge in [0, 0.05) is 30.5 Å². The molecule has 0 fully saturated rings. The zero-order chi connectivity index (χ0) is 13.1. The fraction of sp³-hybridized carbons (Fsp3) is 0.667. The Morgan fingerprint density at radius 3 is 2.47 bits per heavy atom. The van der Waals surface area contributed by atoms with Gasteiger partial charge in [-0.2, -0.15) is 0 Å². The van der Waals surface area contributed by atoms with Crippen molar-refractivity contribution in [1.82, 2.24) is 9.97 Å². The van der Waals surface area contributed by atoms with Gasteiger partial charge in [0.05, 0.1) is 12.2 Å². The second-order valence-electron chi connectivity index (χ2n) is 4.77. The average Bonchev–Trinajstić information content (AvgIpc) is 2.24. The molecule has 0 amide bonds. The van der Waals surface area contributed by atoms with E-state index in [1.54, 1.807) is 20.0 Å². The highest BCUT2D eigenvalue weighted by Crippen LogP contribution is 2.14. The molecule has 5 nitrogen and oxygen atoms in total. The molecule has 0 unspecified atom stereocenters. The third-order valence-corrected chi connectivity index (χ3v) is 2.48. The second kappa shape index (κ2) is 5.42. The van der Waals surface area contributed by atoms with E-state index in [4.69, 9.17) is 5.11 Å². The van der Waals surface area contributed by atoms with Crippen LogP contribution in [0.3, 0.4) is 0 Å². The molecule has 0 radical (unpaired) electrons. The number of rotatable bonds is 5. The molecule has 1 aromatic heterocycles. The minimum atomic E-state index is -0.789. The molecule has 0 spiro atoms. The highest BCUT2D eigenvalue weighted by molar-refractivity contribution is 5.33. The molecule has 0 saturated heterocycles. The van der Waals surface area contributed by atoms with Gasteiger partial charge in [-0.15, -0.1) is 0 Å². The standard InChI is InChI=1S/C12H21N3O2/c1-5-15(8-12(3,4)17)11-13-6-10(7-16)9(2)14-11/h6,16-17H,5,7-8H2,1-4H3. The lowest BCUT2D eigenvalue weighted by Crippen LogP contribution is -2.39. The summed E-state index contributed by atoms with van der Waals surface area (Å²) < 4.78 is 0. The maximum atomic E-state index is 9.81. The highest BCUT2D eigenvalue weighted by Gasteiger charge is 2.19. The third-order valence-electron chi connectivity index (χ3n) is 2.48. The summed E-state index contributed by atoms with van der Waals surface area (Å²) in [6.07, 6.45) is 1.63. The molecule has 96 valence electrons. The molecule has 1 rings (SSSR count). The summed E-state index contributed by atoms with van der Waals surface area (Å²) >= 11 is 0. The van der Waals surface area contributed by atoms with E-state index < -0.39 is 5.60 Å². The number of likely N-dealkylation sites (N-methyl/N-ethyl adjacent to an activating group) is 1. The Morgan fingerprint density at radius 2 is 2.06 bits per heavy atom. The Labute approximate surface area is 102 Å². The van der Waals surface area contributed by atoms with Crippen LogP contribution in [-0.4, -0.2) is 38.9 Å². The SMILES string of the molecule is CCN(CC(C)(C)O)c1ncc(CO)c(C)n1. The van der Waals surface area contributed by atoms with Gasteiger partial charge in [0.15, 0.2) is 0 Å². The van der Waals surface area contributed by atoms with Gasteiger partial charge in [-0.05, 0) is 27.7 Å². The van der Waals surface area contributed by atoms with Crippen molar-refractivity contribution in [2.45, 2.75) is 39.9 Å². The Morgan fingerprint density at radius 1 is 1.41 bits per heavy atom. The lowest BCUT2D eigenvalue weighted by Gasteiger charge is -2.28. The molecule has 0 aromatic carbocycles. The first-order valence-corrected chi connectivity index (χ1v) is 5.78. The minimum Gasteiger partial charge on any atom is -0.392 e. The number of anilines is 1. The van der Waals surface area contributed by atoms with E-state index in [0.717, 1.165) is 17.8 Å². The number of aliphatic hydroxyl groups is 2. The highest BCUT2D eigenvalue weighted by atomic mass is 16.3. The van der Waals surface area contributed by atoms with Crippen molar-refractivity contribution in [1.29, 1.82) is 0 Å². The normalized spacial score (nSPS) is 11.6. The molecule has 1 heterocycles. The summed E-state index contributed by atoms with van der Waals surface area (Å²) in [5.74, 6) is 0.587. The Bertz CT molecular complexity index is 375. The predicted octanol–water partition coefficient (Wildman–Crippen LogP) is 0.875. The van der Waals surface area contributed by atoms with Crippen molar-refractivity contribution in [2.24, 2.45) is 0 Å². The molecule has 5 heteroatoms. The molecule has 0 bridgehead atoms. The fourth-order valence-corrected chi connectivity index (χ4v) is 1.58. The summed E-state index contributed by atoms with van der Waals surface area (Å²) in [6, 6.07) is 0. The van der Waals surface area contributed by atoms with Crippen molar-refractivity contribution >= 4 is 5.95 Å². The van der Waals surface area contributed by atoms with E-state index in [1.807, 2.05) is 18.7 Å². The van der Waals surface area contributed by atoms with Gasteiger partial charge in [0.2, 0.25) is 5.95 Å². The molecule has 17 heavy (non-hydrogen) atoms. The van der Waals surface area contributed by atoms with Crippen molar-refractivity contribution < 1.29 is 10.2 Å². The summed E-state index contributed by atoms with van der Waals surface area (Å²) in [5, 5.41) is 18.9. The van der Waals surface area contributed by atoms with Gasteiger partial charge >= 0.3 is 0 Å². The first-order valence-electron chi connectivity index (χ1n) is 5.78. The van der Waals surface area contributed by atoms with Crippen molar-refractivity contribution in [3.05, 3.63) is 17.5 Å². The minimum absolute atomic E-state index is 0.0519. The largest absolute Gasteiger partial charge is 0.392 e. The van der Waals surface area contributed by atoms with Crippen LogP contribution in [0.15, 0.2) is 6.20 Å². The van der Waals surface area contributed by atoms with Gasteiger partial charge in [-0.25, -0.2) is 9.97 Å². The smallest absolute Gasteiger partial charge is 0.225 e. The van der Waals surface area contributed by atoms with E-state index in [1.165, 1.54) is 0 Å². The van der Waals surface area contributed by atoms with Crippen LogP contribution in [-0.2, 0) is 6.61 Å². The molecule has 2 N–H and O–H groups in total. The van der Waals surface area contributed by atoms with E-state index in [9.17, 15) is 5.11 Å². The predicted molar refractivity (Wildman–Crippen MR) is 66.9 cm³/mol. The number of hydrogen-bond acceptors (Lipinski definition) is 5. The number of aromatic nitrogens is 2. The summed E-state index contributed by atoms with van der Waals surface area (Å²) in [5.41, 5.74) is 0.711. The molecule has 0 aliphatic carbocycles. The molecule has 0 aliphatic rings. The lowest BCUT2D eigenvalue weighted by atomic mass is 10.1. The fourth-order valence-electron chi connectivity index (χ4n) is 1.58. The number of nitrogens with zero attached hydrogens (tertiary/aromatic N) is 3. The van der Waals surface area contributed by atoms with Crippen molar-refractivity contribution in [3.63, 3.8) is 0 Å². The maximum absolute atomic E-state index is 9.81. The summed E-state index contributed by atoms with van der Waals surface area (Å²) in [6.45, 7) is 8.49. The second-order valence-corrected chi connectivity index (χ2v) is 4.77. The van der Waals surface area contributed by atoms with Crippen molar-refractivity contribution in [3.8, 4) is 0 Å². The monoisotopic (exact) mass is 239 g/mol. The molecule has 1 aromatic rings. The maximum Gasteiger partial charge on any atom is 0.225 e. The van der Waals surface area contributed by atoms with Crippen LogP contribution in [0.4, 0.5) is 5.95 Å². The van der Waals surface area contributed by atoms with Crippen LogP contribution < -0.4 is 4.90 Å². The van der Waals surface area contributed by atoms with Crippen LogP contribution in [0.2, 0.25) is 0 Å². The van der Waals surface area contributed by atoms with Crippen LogP contribution in [0, 0.1) is 6.92 Å². The quantitative estimate of drug-likeness (QED) is 0.798. The molecule has 0 aliphatic heterocycles. The van der Waals surface area contributed by atoms with Crippen LogP contribution >= 0.6 is 0 Å². The zero-order valence-electron chi connectivity index (χ0n) is 10.9. The molecular formula is C12H21N3O2. The Kier molecular flexibility index (Phi) is 4.42. The van der Waals surface area contributed by atoms with Gasteiger partial charge in [0.25, 0.3) is 0 Å². The van der Waals surface area contributed by atoms with E-state index >= 15 is 0 Å². The van der Waals surface area contributed by atoms with Crippen LogP contribution in [0.5, 0.6) is 0 Å². The zero-order valence-corrected chi connectivity index (χ0v) is 10.9. The van der Waals surface area contributed by atoms with Gasteiger partial charge in [-0.3, -0.25) is 0 Å². The van der Waals surface area contributed by atoms with E-state index in [2.05, 4.69) is 9.97 Å². The van der Waals surface area contributed by atoms with E-state index in [-0.39, 0.29) is 6.61 Å². The Hall–Kier alpha value is -1.20. The topological polar surface area (TPSA) is 69.5 Å². The molecule has 0 saturated carbocycles. The van der Waals surface area contributed by atoms with Gasteiger partial charge in [-0.1, -0.05) is 0 Å². The number of aryl methyl sites for hydroxylation is 1. The van der Waals surface area contributed by atoms with Crippen LogP contribution in [0.25, 0.3) is 0 Å². The Balaban J connectivity index is 2.93. The summed E-state index contributed by atoms with van der Waals surface area (Å²) in [4.78, 5) is 10.5. The number of hydrogen-bond donors (Lipinski definition) is 2. The van der Waals surface area contributed by atoms with Crippen molar-refractivity contribution in [2.75, 3.05) is 18.0 Å². The average molecular weight is 239 g/mol. The lowest BCUT2D eigenvalue weighted by molar-refractivity contribution is 0.0872.